The Kier molecular flexibility index (Phi) is 4.65. The topological polar surface area (TPSA) is 83.4 Å². The molecule has 3 aromatic rings. The molecular formula is C18H19N3O3. The molecule has 0 saturated heterocycles. The summed E-state index contributed by atoms with van der Waals surface area (Å²) >= 11 is 0. The van der Waals surface area contributed by atoms with E-state index in [0.717, 1.165) is 11.1 Å². The number of nitrogen functional groups attached to an aromatic ring is 1. The molecule has 24 heavy (non-hydrogen) atoms. The summed E-state index contributed by atoms with van der Waals surface area (Å²) in [6.07, 6.45) is 0. The van der Waals surface area contributed by atoms with Crippen LogP contribution in [-0.2, 0) is 0 Å². The van der Waals surface area contributed by atoms with Crippen LogP contribution in [0.1, 0.15) is 13.8 Å². The lowest BCUT2D eigenvalue weighted by Crippen LogP contribution is -1.98. The molecule has 0 spiro atoms. The fraction of sp³-hybridized carbons (Fsp3) is 0.222. The molecule has 0 unspecified atom stereocenters. The normalized spacial score (nSPS) is 10.6. The highest BCUT2D eigenvalue weighted by Crippen LogP contribution is 2.33. The van der Waals surface area contributed by atoms with E-state index in [1.165, 1.54) is 0 Å². The van der Waals surface area contributed by atoms with Crippen LogP contribution in [0, 0.1) is 0 Å². The molecule has 0 aliphatic carbocycles. The molecular weight excluding hydrogens is 306 g/mol. The number of rotatable bonds is 6. The summed E-state index contributed by atoms with van der Waals surface area (Å²) in [5.41, 5.74) is 7.97. The van der Waals surface area contributed by atoms with Gasteiger partial charge in [0.15, 0.2) is 11.5 Å². The van der Waals surface area contributed by atoms with Crippen LogP contribution < -0.4 is 15.2 Å². The van der Waals surface area contributed by atoms with E-state index < -0.39 is 0 Å². The van der Waals surface area contributed by atoms with Gasteiger partial charge >= 0.3 is 0 Å². The Morgan fingerprint density at radius 3 is 2.08 bits per heavy atom. The summed E-state index contributed by atoms with van der Waals surface area (Å²) < 4.78 is 17.0. The summed E-state index contributed by atoms with van der Waals surface area (Å²) in [5.74, 6) is 2.22. The summed E-state index contributed by atoms with van der Waals surface area (Å²) in [6, 6.07) is 12.8. The molecule has 0 bridgehead atoms. The molecule has 2 N–H and O–H groups in total. The fourth-order valence-corrected chi connectivity index (χ4v) is 2.27. The minimum Gasteiger partial charge on any atom is -0.490 e. The zero-order valence-electron chi connectivity index (χ0n) is 13.7. The van der Waals surface area contributed by atoms with Crippen LogP contribution in [0.2, 0.25) is 0 Å². The van der Waals surface area contributed by atoms with Crippen molar-refractivity contribution in [1.29, 1.82) is 0 Å². The van der Waals surface area contributed by atoms with Gasteiger partial charge in [-0.05, 0) is 56.3 Å². The Labute approximate surface area is 140 Å². The summed E-state index contributed by atoms with van der Waals surface area (Å²) in [7, 11) is 0. The third-order valence-electron chi connectivity index (χ3n) is 3.37. The van der Waals surface area contributed by atoms with Crippen LogP contribution in [0.4, 0.5) is 5.69 Å². The molecule has 1 heterocycles. The highest BCUT2D eigenvalue weighted by Gasteiger charge is 2.13. The molecule has 0 saturated carbocycles. The molecule has 124 valence electrons. The van der Waals surface area contributed by atoms with Gasteiger partial charge in [0.2, 0.25) is 11.8 Å². The molecule has 0 fully saturated rings. The second-order valence-corrected chi connectivity index (χ2v) is 5.06. The van der Waals surface area contributed by atoms with Crippen molar-refractivity contribution in [1.82, 2.24) is 10.2 Å². The van der Waals surface area contributed by atoms with Crippen molar-refractivity contribution in [2.24, 2.45) is 0 Å². The molecule has 6 heteroatoms. The SMILES string of the molecule is CCOc1ccc(-c2nnc(-c3ccc(N)cc3)o2)cc1OCC. The van der Waals surface area contributed by atoms with Gasteiger partial charge in [0.25, 0.3) is 0 Å². The zero-order valence-corrected chi connectivity index (χ0v) is 13.7. The van der Waals surface area contributed by atoms with Gasteiger partial charge in [0, 0.05) is 16.8 Å². The molecule has 2 aromatic carbocycles. The smallest absolute Gasteiger partial charge is 0.248 e. The standard InChI is InChI=1S/C18H19N3O3/c1-3-22-15-10-7-13(11-16(15)23-4-2)18-21-20-17(24-18)12-5-8-14(19)9-6-12/h5-11H,3-4,19H2,1-2H3. The Hall–Kier alpha value is -3.02. The predicted molar refractivity (Wildman–Crippen MR) is 91.9 cm³/mol. The summed E-state index contributed by atoms with van der Waals surface area (Å²) in [6.45, 7) is 4.97. The molecule has 6 nitrogen and oxygen atoms in total. The molecule has 0 radical (unpaired) electrons. The maximum atomic E-state index is 5.77. The third kappa shape index (κ3) is 3.32. The predicted octanol–water partition coefficient (Wildman–Crippen LogP) is 3.78. The number of hydrogen-bond acceptors (Lipinski definition) is 6. The minimum atomic E-state index is 0.422. The van der Waals surface area contributed by atoms with E-state index in [-0.39, 0.29) is 0 Å². The lowest BCUT2D eigenvalue weighted by molar-refractivity contribution is 0.288. The van der Waals surface area contributed by atoms with E-state index in [2.05, 4.69) is 10.2 Å². The Bertz CT molecular complexity index is 813. The second-order valence-electron chi connectivity index (χ2n) is 5.06. The maximum Gasteiger partial charge on any atom is 0.248 e. The van der Waals surface area contributed by atoms with Gasteiger partial charge in [-0.15, -0.1) is 10.2 Å². The number of hydrogen-bond donors (Lipinski definition) is 1. The van der Waals surface area contributed by atoms with Crippen molar-refractivity contribution >= 4 is 5.69 Å². The van der Waals surface area contributed by atoms with E-state index in [1.54, 1.807) is 12.1 Å². The molecule has 1 aromatic heterocycles. The number of nitrogens with zero attached hydrogens (tertiary/aromatic N) is 2. The third-order valence-corrected chi connectivity index (χ3v) is 3.37. The Morgan fingerprint density at radius 1 is 0.833 bits per heavy atom. The van der Waals surface area contributed by atoms with E-state index >= 15 is 0 Å². The Morgan fingerprint density at radius 2 is 1.42 bits per heavy atom. The quantitative estimate of drug-likeness (QED) is 0.694. The second kappa shape index (κ2) is 7.04. The van der Waals surface area contributed by atoms with Crippen LogP contribution in [0.15, 0.2) is 46.9 Å². The van der Waals surface area contributed by atoms with Gasteiger partial charge in [0.05, 0.1) is 13.2 Å². The summed E-state index contributed by atoms with van der Waals surface area (Å²) in [4.78, 5) is 0. The van der Waals surface area contributed by atoms with E-state index in [0.29, 0.717) is 42.2 Å². The highest BCUT2D eigenvalue weighted by atomic mass is 16.5. The highest BCUT2D eigenvalue weighted by molar-refractivity contribution is 5.62. The van der Waals surface area contributed by atoms with E-state index in [9.17, 15) is 0 Å². The number of ether oxygens (including phenoxy) is 2. The average Bonchev–Trinajstić information content (AvgIpc) is 3.07. The van der Waals surface area contributed by atoms with Crippen LogP contribution in [-0.4, -0.2) is 23.4 Å². The largest absolute Gasteiger partial charge is 0.490 e. The van der Waals surface area contributed by atoms with Crippen molar-refractivity contribution in [3.05, 3.63) is 42.5 Å². The van der Waals surface area contributed by atoms with Crippen molar-refractivity contribution < 1.29 is 13.9 Å². The fourth-order valence-electron chi connectivity index (χ4n) is 2.27. The van der Waals surface area contributed by atoms with E-state index in [1.807, 2.05) is 44.2 Å². The number of aromatic nitrogens is 2. The summed E-state index contributed by atoms with van der Waals surface area (Å²) in [5, 5.41) is 8.22. The van der Waals surface area contributed by atoms with Crippen LogP contribution >= 0.6 is 0 Å². The van der Waals surface area contributed by atoms with Gasteiger partial charge in [0.1, 0.15) is 0 Å². The first-order valence-electron chi connectivity index (χ1n) is 7.80. The van der Waals surface area contributed by atoms with Gasteiger partial charge in [-0.2, -0.15) is 0 Å². The van der Waals surface area contributed by atoms with Crippen LogP contribution in [0.25, 0.3) is 22.9 Å². The molecule has 0 amide bonds. The average molecular weight is 325 g/mol. The first-order valence-corrected chi connectivity index (χ1v) is 7.80. The van der Waals surface area contributed by atoms with Gasteiger partial charge in [-0.25, -0.2) is 0 Å². The lowest BCUT2D eigenvalue weighted by atomic mass is 10.2. The van der Waals surface area contributed by atoms with Gasteiger partial charge in [-0.3, -0.25) is 0 Å². The van der Waals surface area contributed by atoms with Crippen LogP contribution in [0.5, 0.6) is 11.5 Å². The monoisotopic (exact) mass is 325 g/mol. The maximum absolute atomic E-state index is 5.77. The van der Waals surface area contributed by atoms with Crippen molar-refractivity contribution in [3.63, 3.8) is 0 Å². The molecule has 3 rings (SSSR count). The lowest BCUT2D eigenvalue weighted by Gasteiger charge is -2.11. The number of anilines is 1. The first kappa shape index (κ1) is 15.9. The number of nitrogens with two attached hydrogens (primary N) is 1. The van der Waals surface area contributed by atoms with Gasteiger partial charge < -0.3 is 19.6 Å². The van der Waals surface area contributed by atoms with Crippen molar-refractivity contribution in [3.8, 4) is 34.4 Å². The van der Waals surface area contributed by atoms with Crippen LogP contribution in [0.3, 0.4) is 0 Å². The molecule has 0 aliphatic heterocycles. The van der Waals surface area contributed by atoms with Crippen molar-refractivity contribution in [2.45, 2.75) is 13.8 Å². The van der Waals surface area contributed by atoms with E-state index in [4.69, 9.17) is 19.6 Å². The zero-order chi connectivity index (χ0) is 16.9. The Balaban J connectivity index is 1.91. The molecule has 0 aliphatic rings. The minimum absolute atomic E-state index is 0.422. The van der Waals surface area contributed by atoms with Crippen molar-refractivity contribution in [2.75, 3.05) is 18.9 Å². The first-order chi connectivity index (χ1) is 11.7. The molecule has 0 atom stereocenters. The number of benzene rings is 2. The van der Waals surface area contributed by atoms with Gasteiger partial charge in [-0.1, -0.05) is 0 Å².